The Balaban J connectivity index is 0.000000204. The Labute approximate surface area is 198 Å². The van der Waals surface area contributed by atoms with E-state index in [1.54, 1.807) is 0 Å². The minimum Gasteiger partial charge on any atom is -0.168 e. The molecule has 0 N–H and O–H groups in total. The van der Waals surface area contributed by atoms with Crippen LogP contribution in [0.2, 0.25) is 0 Å². The Morgan fingerprint density at radius 3 is 1.67 bits per heavy atom. The molecule has 4 aromatic carbocycles. The molecule has 0 aromatic heterocycles. The Morgan fingerprint density at radius 2 is 1.20 bits per heavy atom. The van der Waals surface area contributed by atoms with Crippen molar-refractivity contribution in [2.75, 3.05) is 20.6 Å². The van der Waals surface area contributed by atoms with Crippen LogP contribution in [0.1, 0.15) is 11.1 Å². The van der Waals surface area contributed by atoms with Crippen LogP contribution in [0.25, 0.3) is 10.8 Å². The maximum Gasteiger partial charge on any atom is -0.0809 e. The van der Waals surface area contributed by atoms with Gasteiger partial charge in [0.15, 0.2) is 0 Å². The summed E-state index contributed by atoms with van der Waals surface area (Å²) >= 11 is -2.13. The van der Waals surface area contributed by atoms with Gasteiger partial charge < -0.3 is 4.90 Å². The number of likely N-dealkylation sites (N-methyl/N-ethyl adjacent to an activating group) is 1. The smallest absolute Gasteiger partial charge is 0.0809 e. The molecule has 0 spiro atoms. The van der Waals surface area contributed by atoms with Gasteiger partial charge in [-0.1, -0.05) is 48.4 Å². The molecule has 0 bridgehead atoms. The van der Waals surface area contributed by atoms with Crippen LogP contribution in [0.4, 0.5) is 0 Å². The van der Waals surface area contributed by atoms with Crippen molar-refractivity contribution in [1.29, 1.82) is 0 Å². The van der Waals surface area contributed by atoms with Gasteiger partial charge in [-0.2, -0.15) is 17.5 Å². The normalized spacial score (nSPS) is 9.93. The van der Waals surface area contributed by atoms with Crippen molar-refractivity contribution in [2.24, 2.45) is 0 Å². The van der Waals surface area contributed by atoms with Crippen LogP contribution < -0.4 is 0 Å². The third-order valence-corrected chi connectivity index (χ3v) is 4.27. The van der Waals surface area contributed by atoms with Crippen molar-refractivity contribution >= 4 is 36.3 Å². The minimum absolute atomic E-state index is 0.952. The molecule has 0 heterocycles. The molecule has 0 fully saturated rings. The molecule has 0 radical (unpaired) electrons. The second-order valence-electron chi connectivity index (χ2n) is 6.82. The first-order valence-electron chi connectivity index (χ1n) is 9.52. The van der Waals surface area contributed by atoms with E-state index in [4.69, 9.17) is 25.5 Å². The molecule has 157 valence electrons. The molecule has 0 aliphatic heterocycles. The zero-order valence-corrected chi connectivity index (χ0v) is 21.8. The summed E-state index contributed by atoms with van der Waals surface area (Å²) in [6.45, 7) is 0.952. The van der Waals surface area contributed by atoms with Crippen molar-refractivity contribution < 1.29 is 18.2 Å². The largest absolute Gasteiger partial charge is 0.168 e. The Hall–Kier alpha value is -1.15. The summed E-state index contributed by atoms with van der Waals surface area (Å²) in [6, 6.07) is 35.8. The zero-order valence-electron chi connectivity index (χ0n) is 17.1. The Bertz CT molecular complexity index is 883. The molecule has 0 saturated heterocycles. The van der Waals surface area contributed by atoms with Crippen molar-refractivity contribution in [2.45, 2.75) is 0 Å². The second kappa shape index (κ2) is 14.0. The predicted octanol–water partition coefficient (Wildman–Crippen LogP) is 7.84. The molecule has 0 aliphatic carbocycles. The SMILES string of the molecule is CN(C)C[C-](c1ccccc1)c1ccccc1.[Cl][Zr]([Cl])[Cl].c1ccc2[cH-]ccc2c1. The summed E-state index contributed by atoms with van der Waals surface area (Å²) in [5.41, 5.74) is 2.60. The maximum atomic E-state index is 5.00. The summed E-state index contributed by atoms with van der Waals surface area (Å²) in [7, 11) is 19.2. The van der Waals surface area contributed by atoms with Crippen LogP contribution in [0.5, 0.6) is 0 Å². The third-order valence-electron chi connectivity index (χ3n) is 4.27. The van der Waals surface area contributed by atoms with Gasteiger partial charge in [-0.15, -0.1) is 65.0 Å². The van der Waals surface area contributed by atoms with Crippen LogP contribution in [-0.4, -0.2) is 25.5 Å². The van der Waals surface area contributed by atoms with E-state index in [0.29, 0.717) is 0 Å². The number of nitrogens with zero attached hydrogens (tertiary/aromatic N) is 1. The molecule has 0 amide bonds. The van der Waals surface area contributed by atoms with E-state index in [9.17, 15) is 0 Å². The molecular formula is C25H25Cl3NZr-2. The fourth-order valence-corrected chi connectivity index (χ4v) is 3.01. The topological polar surface area (TPSA) is 3.24 Å². The molecule has 4 aromatic rings. The van der Waals surface area contributed by atoms with Gasteiger partial charge in [-0.05, 0) is 20.6 Å². The molecule has 0 unspecified atom stereocenters. The van der Waals surface area contributed by atoms with Crippen LogP contribution in [-0.2, 0) is 18.2 Å². The number of hydrogen-bond acceptors (Lipinski definition) is 1. The van der Waals surface area contributed by atoms with Gasteiger partial charge in [-0.3, -0.25) is 0 Å². The molecule has 0 aliphatic rings. The molecular weight excluding hydrogens is 512 g/mol. The predicted molar refractivity (Wildman–Crippen MR) is 130 cm³/mol. The van der Waals surface area contributed by atoms with Gasteiger partial charge in [-0.25, -0.2) is 0 Å². The van der Waals surface area contributed by atoms with E-state index in [1.165, 1.54) is 27.8 Å². The number of halogens is 3. The van der Waals surface area contributed by atoms with Gasteiger partial charge in [0.25, 0.3) is 0 Å². The van der Waals surface area contributed by atoms with E-state index >= 15 is 0 Å². The quantitative estimate of drug-likeness (QED) is 0.240. The van der Waals surface area contributed by atoms with Crippen molar-refractivity contribution in [1.82, 2.24) is 4.90 Å². The average Bonchev–Trinajstić information content (AvgIpc) is 3.22. The van der Waals surface area contributed by atoms with Gasteiger partial charge in [0.1, 0.15) is 0 Å². The van der Waals surface area contributed by atoms with Crippen LogP contribution in [0.3, 0.4) is 0 Å². The van der Waals surface area contributed by atoms with Crippen molar-refractivity contribution in [3.05, 3.63) is 120 Å². The van der Waals surface area contributed by atoms with Gasteiger partial charge in [0, 0.05) is 0 Å². The van der Waals surface area contributed by atoms with Crippen LogP contribution in [0, 0.1) is 5.92 Å². The summed E-state index contributed by atoms with van der Waals surface area (Å²) in [6.07, 6.45) is 0. The van der Waals surface area contributed by atoms with Gasteiger partial charge >= 0.3 is 43.7 Å². The standard InChI is InChI=1S/C16H18N.C9H7.3ClH.Zr/c1-17(2)13-16(14-9-5-3-6-10-14)15-11-7-4-8-12-15;1-2-5-9-7-3-6-8(9)4-1;;;;/h3-12H,13H2,1-2H3;1-7H;3*1H;/q2*-1;;;;+3/p-3. The number of hydrogen-bond donors (Lipinski definition) is 0. The fraction of sp³-hybridized carbons (Fsp3) is 0.120. The summed E-state index contributed by atoms with van der Waals surface area (Å²) in [5.74, 6) is 1.37. The Kier molecular flexibility index (Phi) is 11.7. The first kappa shape index (κ1) is 25.1. The van der Waals surface area contributed by atoms with Crippen LogP contribution >= 0.6 is 25.5 Å². The van der Waals surface area contributed by atoms with E-state index in [1.807, 2.05) is 0 Å². The first-order chi connectivity index (χ1) is 14.5. The number of benzene rings is 3. The molecule has 4 rings (SSSR count). The summed E-state index contributed by atoms with van der Waals surface area (Å²) < 4.78 is 0. The van der Waals surface area contributed by atoms with E-state index in [0.717, 1.165) is 6.54 Å². The molecule has 1 nitrogen and oxygen atoms in total. The molecule has 0 saturated carbocycles. The monoisotopic (exact) mass is 534 g/mol. The van der Waals surface area contributed by atoms with Gasteiger partial charge in [0.2, 0.25) is 0 Å². The average molecular weight is 537 g/mol. The van der Waals surface area contributed by atoms with E-state index < -0.39 is 18.2 Å². The van der Waals surface area contributed by atoms with E-state index in [2.05, 4.69) is 122 Å². The minimum atomic E-state index is -2.13. The third kappa shape index (κ3) is 9.33. The maximum absolute atomic E-state index is 5.00. The molecule has 0 atom stereocenters. The second-order valence-corrected chi connectivity index (χ2v) is 18.0. The van der Waals surface area contributed by atoms with Crippen LogP contribution in [0.15, 0.2) is 103 Å². The molecule has 5 heteroatoms. The fourth-order valence-electron chi connectivity index (χ4n) is 3.01. The van der Waals surface area contributed by atoms with E-state index in [-0.39, 0.29) is 0 Å². The van der Waals surface area contributed by atoms with Crippen molar-refractivity contribution in [3.63, 3.8) is 0 Å². The van der Waals surface area contributed by atoms with Crippen molar-refractivity contribution in [3.8, 4) is 0 Å². The zero-order chi connectivity index (χ0) is 21.8. The summed E-state index contributed by atoms with van der Waals surface area (Å²) in [4.78, 5) is 2.20. The van der Waals surface area contributed by atoms with Gasteiger partial charge in [0.05, 0.1) is 0 Å². The molecule has 30 heavy (non-hydrogen) atoms. The number of rotatable bonds is 4. The summed E-state index contributed by atoms with van der Waals surface area (Å²) in [5, 5.41) is 2.66. The number of fused-ring (bicyclic) bond motifs is 1. The first-order valence-corrected chi connectivity index (χ1v) is 19.0. The Morgan fingerprint density at radius 1 is 0.733 bits per heavy atom.